The summed E-state index contributed by atoms with van der Waals surface area (Å²) in [5.74, 6) is -0.730. The van der Waals surface area contributed by atoms with E-state index in [2.05, 4.69) is 5.32 Å². The smallest absolute Gasteiger partial charge is 0.244 e. The van der Waals surface area contributed by atoms with E-state index in [1.807, 2.05) is 44.2 Å². The summed E-state index contributed by atoms with van der Waals surface area (Å²) in [6.45, 7) is 5.55. The van der Waals surface area contributed by atoms with Gasteiger partial charge >= 0.3 is 0 Å². The van der Waals surface area contributed by atoms with Gasteiger partial charge in [0, 0.05) is 35.1 Å². The van der Waals surface area contributed by atoms with E-state index < -0.39 is 28.5 Å². The summed E-state index contributed by atoms with van der Waals surface area (Å²) in [6.07, 6.45) is 1.26. The number of hydrogen-bond acceptors (Lipinski definition) is 4. The zero-order valence-corrected chi connectivity index (χ0v) is 25.4. The fourth-order valence-corrected chi connectivity index (χ4v) is 5.69. The Balaban J connectivity index is 2.10. The summed E-state index contributed by atoms with van der Waals surface area (Å²) in [5.41, 5.74) is 2.39. The Bertz CT molecular complexity index is 1410. The van der Waals surface area contributed by atoms with E-state index in [1.165, 1.54) is 4.90 Å². The zero-order chi connectivity index (χ0) is 29.4. The Kier molecular flexibility index (Phi) is 11.0. The summed E-state index contributed by atoms with van der Waals surface area (Å²) in [6, 6.07) is 20.3. The van der Waals surface area contributed by atoms with Gasteiger partial charge in [-0.3, -0.25) is 13.9 Å². The van der Waals surface area contributed by atoms with E-state index >= 15 is 0 Å². The molecule has 0 spiro atoms. The number of carbonyl (C=O) groups is 2. The van der Waals surface area contributed by atoms with Crippen LogP contribution >= 0.6 is 23.2 Å². The number of anilines is 1. The third kappa shape index (κ3) is 8.46. The molecule has 0 heterocycles. The number of rotatable bonds is 12. The van der Waals surface area contributed by atoms with Crippen LogP contribution in [0.2, 0.25) is 10.0 Å². The number of amides is 2. The lowest BCUT2D eigenvalue weighted by molar-refractivity contribution is -0.140. The predicted octanol–water partition coefficient (Wildman–Crippen LogP) is 5.48. The number of sulfonamides is 1. The lowest BCUT2D eigenvalue weighted by Gasteiger charge is -2.34. The molecule has 10 heteroatoms. The van der Waals surface area contributed by atoms with Gasteiger partial charge in [0.1, 0.15) is 12.6 Å². The molecule has 0 saturated heterocycles. The van der Waals surface area contributed by atoms with Gasteiger partial charge in [0.2, 0.25) is 21.8 Å². The first-order chi connectivity index (χ1) is 18.9. The fraction of sp³-hybridized carbons (Fsp3) is 0.333. The predicted molar refractivity (Wildman–Crippen MR) is 162 cm³/mol. The summed E-state index contributed by atoms with van der Waals surface area (Å²) < 4.78 is 26.9. The molecule has 0 aromatic heterocycles. The van der Waals surface area contributed by atoms with Crippen molar-refractivity contribution in [3.63, 3.8) is 0 Å². The molecule has 1 N–H and O–H groups in total. The van der Waals surface area contributed by atoms with Crippen molar-refractivity contribution in [1.82, 2.24) is 10.2 Å². The standard InChI is InChI=1S/C30H35Cl2N3O4S/c1-21(2)18-33-30(37)28(17-23-12-6-5-7-13-23)34(19-24-25(31)14-10-15-26(24)32)29(36)20-35(40(4,38)39)27-16-9-8-11-22(27)3/h5-16,21,28H,17-20H2,1-4H3,(H,33,37)/t28-/m1/s1. The normalized spacial score (nSPS) is 12.2. The SMILES string of the molecule is Cc1ccccc1N(CC(=O)N(Cc1c(Cl)cccc1Cl)[C@H](Cc1ccccc1)C(=O)NCC(C)C)S(C)(=O)=O. The molecule has 3 rings (SSSR count). The van der Waals surface area contributed by atoms with Crippen molar-refractivity contribution < 1.29 is 18.0 Å². The van der Waals surface area contributed by atoms with E-state index in [0.717, 1.165) is 16.1 Å². The molecule has 0 aliphatic heterocycles. The first-order valence-electron chi connectivity index (χ1n) is 13.0. The number of hydrogen-bond donors (Lipinski definition) is 1. The quantitative estimate of drug-likeness (QED) is 0.297. The molecule has 1 atom stereocenters. The van der Waals surface area contributed by atoms with Crippen LogP contribution in [-0.2, 0) is 32.6 Å². The number of para-hydroxylation sites is 1. The van der Waals surface area contributed by atoms with Crippen LogP contribution in [0.5, 0.6) is 0 Å². The third-order valence-corrected chi connectivity index (χ3v) is 8.24. The Labute approximate surface area is 247 Å². The van der Waals surface area contributed by atoms with Crippen LogP contribution in [-0.4, -0.2) is 50.5 Å². The van der Waals surface area contributed by atoms with E-state index in [4.69, 9.17) is 23.2 Å². The van der Waals surface area contributed by atoms with Gasteiger partial charge in [-0.2, -0.15) is 0 Å². The van der Waals surface area contributed by atoms with Gasteiger partial charge in [-0.1, -0.05) is 91.6 Å². The van der Waals surface area contributed by atoms with Crippen LogP contribution in [0.3, 0.4) is 0 Å². The van der Waals surface area contributed by atoms with Gasteiger partial charge in [-0.05, 0) is 42.2 Å². The maximum atomic E-state index is 14.1. The first-order valence-corrected chi connectivity index (χ1v) is 15.6. The summed E-state index contributed by atoms with van der Waals surface area (Å²) in [4.78, 5) is 29.2. The molecule has 0 fully saturated rings. The lowest BCUT2D eigenvalue weighted by atomic mass is 10.0. The molecule has 0 radical (unpaired) electrons. The topological polar surface area (TPSA) is 86.8 Å². The lowest BCUT2D eigenvalue weighted by Crippen LogP contribution is -2.53. The van der Waals surface area contributed by atoms with Gasteiger partial charge in [0.25, 0.3) is 0 Å². The second-order valence-electron chi connectivity index (χ2n) is 10.1. The summed E-state index contributed by atoms with van der Waals surface area (Å²) in [7, 11) is -3.85. The molecule has 3 aromatic rings. The molecular weight excluding hydrogens is 569 g/mol. The van der Waals surface area contributed by atoms with Crippen molar-refractivity contribution in [2.24, 2.45) is 5.92 Å². The largest absolute Gasteiger partial charge is 0.354 e. The van der Waals surface area contributed by atoms with Crippen LogP contribution in [0.15, 0.2) is 72.8 Å². The summed E-state index contributed by atoms with van der Waals surface area (Å²) >= 11 is 13.0. The van der Waals surface area contributed by atoms with Gasteiger partial charge in [-0.15, -0.1) is 0 Å². The van der Waals surface area contributed by atoms with Gasteiger partial charge in [-0.25, -0.2) is 8.42 Å². The Morgan fingerprint density at radius 3 is 2.08 bits per heavy atom. The third-order valence-electron chi connectivity index (χ3n) is 6.41. The molecule has 0 bridgehead atoms. The van der Waals surface area contributed by atoms with Crippen molar-refractivity contribution in [2.45, 2.75) is 39.8 Å². The fourth-order valence-electron chi connectivity index (χ4n) is 4.27. The molecule has 214 valence electrons. The molecule has 0 saturated carbocycles. The Hall–Kier alpha value is -3.07. The highest BCUT2D eigenvalue weighted by Crippen LogP contribution is 2.28. The van der Waals surface area contributed by atoms with Crippen LogP contribution < -0.4 is 9.62 Å². The molecule has 0 aliphatic rings. The Morgan fingerprint density at radius 1 is 0.900 bits per heavy atom. The zero-order valence-electron chi connectivity index (χ0n) is 23.1. The van der Waals surface area contributed by atoms with Crippen LogP contribution in [0.25, 0.3) is 0 Å². The minimum atomic E-state index is -3.85. The van der Waals surface area contributed by atoms with Crippen molar-refractivity contribution in [3.8, 4) is 0 Å². The minimum absolute atomic E-state index is 0.0880. The van der Waals surface area contributed by atoms with E-state index in [-0.39, 0.29) is 24.8 Å². The molecule has 0 aliphatic carbocycles. The second-order valence-corrected chi connectivity index (χ2v) is 12.8. The second kappa shape index (κ2) is 14.0. The highest BCUT2D eigenvalue weighted by atomic mass is 35.5. The number of nitrogens with zero attached hydrogens (tertiary/aromatic N) is 2. The molecular formula is C30H35Cl2N3O4S. The van der Waals surface area contributed by atoms with Gasteiger partial charge in [0.15, 0.2) is 0 Å². The molecule has 3 aromatic carbocycles. The molecule has 2 amide bonds. The molecule has 0 unspecified atom stereocenters. The Morgan fingerprint density at radius 2 is 1.50 bits per heavy atom. The maximum absolute atomic E-state index is 14.1. The number of halogens is 2. The van der Waals surface area contributed by atoms with Crippen molar-refractivity contribution in [2.75, 3.05) is 23.7 Å². The molecule has 40 heavy (non-hydrogen) atoms. The van der Waals surface area contributed by atoms with Crippen molar-refractivity contribution in [3.05, 3.63) is 99.5 Å². The van der Waals surface area contributed by atoms with Gasteiger partial charge < -0.3 is 10.2 Å². The van der Waals surface area contributed by atoms with E-state index in [0.29, 0.717) is 33.4 Å². The minimum Gasteiger partial charge on any atom is -0.354 e. The van der Waals surface area contributed by atoms with Crippen LogP contribution in [0.1, 0.15) is 30.5 Å². The van der Waals surface area contributed by atoms with Crippen LogP contribution in [0.4, 0.5) is 5.69 Å². The van der Waals surface area contributed by atoms with Crippen molar-refractivity contribution in [1.29, 1.82) is 0 Å². The van der Waals surface area contributed by atoms with Crippen molar-refractivity contribution >= 4 is 50.7 Å². The van der Waals surface area contributed by atoms with E-state index in [9.17, 15) is 18.0 Å². The number of aryl methyl sites for hydroxylation is 1. The monoisotopic (exact) mass is 603 g/mol. The first kappa shape index (κ1) is 31.5. The average molecular weight is 605 g/mol. The van der Waals surface area contributed by atoms with E-state index in [1.54, 1.807) is 49.4 Å². The number of nitrogens with one attached hydrogen (secondary N) is 1. The van der Waals surface area contributed by atoms with Gasteiger partial charge in [0.05, 0.1) is 11.9 Å². The molecule has 7 nitrogen and oxygen atoms in total. The average Bonchev–Trinajstić information content (AvgIpc) is 2.89. The number of benzene rings is 3. The highest BCUT2D eigenvalue weighted by molar-refractivity contribution is 7.92. The summed E-state index contributed by atoms with van der Waals surface area (Å²) in [5, 5.41) is 3.62. The highest BCUT2D eigenvalue weighted by Gasteiger charge is 2.34. The van der Waals surface area contributed by atoms with Crippen LogP contribution in [0, 0.1) is 12.8 Å². The maximum Gasteiger partial charge on any atom is 0.244 e. The number of carbonyl (C=O) groups excluding carboxylic acids is 2.